The van der Waals surface area contributed by atoms with E-state index in [2.05, 4.69) is 42.9 Å². The molecule has 0 saturated carbocycles. The van der Waals surface area contributed by atoms with E-state index in [1.807, 2.05) is 0 Å². The molecule has 0 aliphatic carbocycles. The van der Waals surface area contributed by atoms with Crippen molar-refractivity contribution in [3.8, 4) is 0 Å². The molecule has 0 aliphatic rings. The second-order valence-electron chi connectivity index (χ2n) is 0.439. The maximum absolute atomic E-state index is 9.31. The third-order valence-corrected chi connectivity index (χ3v) is 0. The molecule has 0 bridgehead atoms. The molecule has 6 heteroatoms. The Balaban J connectivity index is -0.0000000181. The summed E-state index contributed by atoms with van der Waals surface area (Å²) >= 11 is 3.37. The van der Waals surface area contributed by atoms with Crippen LogP contribution in [0.1, 0.15) is 6.92 Å². The Labute approximate surface area is 79.1 Å². The molecule has 8 radical (unpaired) electrons. The quantitative estimate of drug-likeness (QED) is 0.489. The van der Waals surface area contributed by atoms with Gasteiger partial charge in [-0.25, -0.2) is 0 Å². The van der Waals surface area contributed by atoms with Gasteiger partial charge in [-0.1, -0.05) is 0 Å². The van der Waals surface area contributed by atoms with Crippen LogP contribution in [-0.4, -0.2) is 31.9 Å². The first-order chi connectivity index (χ1) is 5.73. The molecule has 0 fully saturated rings. The van der Waals surface area contributed by atoms with Crippen LogP contribution in [0.2, 0.25) is 0 Å². The van der Waals surface area contributed by atoms with Crippen molar-refractivity contribution in [3.05, 3.63) is 0 Å². The van der Waals surface area contributed by atoms with Gasteiger partial charge in [0.25, 0.3) is 27.2 Å². The molecular weight excluding hydrogens is 211 g/mol. The maximum atomic E-state index is 9.31. The average Bonchev–Trinajstić information content (AvgIpc) is 2.16. The van der Waals surface area contributed by atoms with Gasteiger partial charge in [0, 0.05) is 0 Å². The molecule has 0 saturated heterocycles. The molecule has 0 aromatic rings. The first-order valence-corrected chi connectivity index (χ1v) is 2.21. The standard InChI is InChI=1S/C2H3O.4CO.Co/c1-2-3;4*1-2;/h1H3;;;;;. The van der Waals surface area contributed by atoms with Crippen LogP contribution in [0.15, 0.2) is 0 Å². The smallest absolute Gasteiger partial charge is 0.281 e. The molecule has 0 aromatic heterocycles. The number of carbonyl (C=O) groups excluding carboxylic acids is 5. The molecule has 0 spiro atoms. The van der Waals surface area contributed by atoms with Gasteiger partial charge >= 0.3 is 32.2 Å². The van der Waals surface area contributed by atoms with Crippen LogP contribution in [0.4, 0.5) is 0 Å². The predicted octanol–water partition coefficient (Wildman–Crippen LogP) is -1.51. The Morgan fingerprint density at radius 2 is 0.833 bits per heavy atom. The number of hydrogen-bond donors (Lipinski definition) is 0. The summed E-state index contributed by atoms with van der Waals surface area (Å²) in [6, 6.07) is 0. The van der Waals surface area contributed by atoms with Crippen molar-refractivity contribution >= 4 is 31.9 Å². The minimum absolute atomic E-state index is 0.146. The summed E-state index contributed by atoms with van der Waals surface area (Å²) in [5.41, 5.74) is 0. The molecule has 5 nitrogen and oxygen atoms in total. The largest absolute Gasteiger partial charge is 0.281 e. The van der Waals surface area contributed by atoms with Gasteiger partial charge in [0.1, 0.15) is 0 Å². The fourth-order valence-corrected chi connectivity index (χ4v) is 0. The number of rotatable bonds is 0. The monoisotopic (exact) mass is 214 g/mol. The fourth-order valence-electron chi connectivity index (χ4n) is 0. The number of carbonyl (C=O) groups is 1. The number of hydrogen-bond acceptors (Lipinski definition) is 5. The summed E-state index contributed by atoms with van der Waals surface area (Å²) in [4.78, 5) is 39.3. The van der Waals surface area contributed by atoms with Crippen molar-refractivity contribution in [1.82, 2.24) is 0 Å². The van der Waals surface area contributed by atoms with Crippen molar-refractivity contribution in [3.63, 3.8) is 0 Å². The van der Waals surface area contributed by atoms with Crippen molar-refractivity contribution < 1.29 is 39.7 Å². The summed E-state index contributed by atoms with van der Waals surface area (Å²) in [6.45, 7) is 19.4. The zero-order valence-electron chi connectivity index (χ0n) is 5.87. The van der Waals surface area contributed by atoms with Crippen LogP contribution < -0.4 is 0 Å². The van der Waals surface area contributed by atoms with E-state index >= 15 is 0 Å². The van der Waals surface area contributed by atoms with Crippen LogP contribution in [0.3, 0.4) is 0 Å². The van der Waals surface area contributed by atoms with Gasteiger partial charge in [0.2, 0.25) is 0 Å². The average molecular weight is 214 g/mol. The van der Waals surface area contributed by atoms with Gasteiger partial charge in [-0.15, -0.1) is 0 Å². The van der Waals surface area contributed by atoms with Crippen LogP contribution in [0.25, 0.3) is 0 Å². The fraction of sp³-hybridized carbons (Fsp3) is 0.167. The van der Waals surface area contributed by atoms with Crippen LogP contribution in [-0.2, 0) is 39.7 Å². The summed E-state index contributed by atoms with van der Waals surface area (Å²) < 4.78 is -0.146. The Morgan fingerprint density at radius 3 is 0.833 bits per heavy atom. The van der Waals surface area contributed by atoms with E-state index in [0.717, 1.165) is 0 Å². The second-order valence-corrected chi connectivity index (χ2v) is 1.17. The zero-order chi connectivity index (χ0) is 11.6. The van der Waals surface area contributed by atoms with Crippen LogP contribution >= 0.6 is 0 Å². The Bertz CT molecular complexity index is 66.3. The third-order valence-electron chi connectivity index (χ3n) is 0. The molecule has 0 amide bonds. The molecular formula is C6H3CoO5. The van der Waals surface area contributed by atoms with Crippen LogP contribution in [0, 0.1) is 0 Å². The molecule has 0 aliphatic heterocycles. The summed E-state index contributed by atoms with van der Waals surface area (Å²) in [5, 5.41) is 0. The van der Waals surface area contributed by atoms with Gasteiger partial charge in [-0.05, 0) is 0 Å². The summed E-state index contributed by atoms with van der Waals surface area (Å²) in [6.07, 6.45) is 0. The van der Waals surface area contributed by atoms with E-state index in [-0.39, 0.29) is 4.72 Å². The van der Waals surface area contributed by atoms with Crippen molar-refractivity contribution in [1.29, 1.82) is 0 Å². The van der Waals surface area contributed by atoms with E-state index in [9.17, 15) is 4.79 Å². The zero-order valence-corrected chi connectivity index (χ0v) is 6.92. The molecule has 0 heterocycles. The Hall–Kier alpha value is -1.14. The van der Waals surface area contributed by atoms with Gasteiger partial charge in [-0.2, -0.15) is 0 Å². The van der Waals surface area contributed by atoms with Gasteiger partial charge in [0.15, 0.2) is 0 Å². The Kier molecular flexibility index (Phi) is 575. The SMILES string of the molecule is C[C](=O)[Co].[C]=O.[C]=O.[C]=O.[C]=O. The molecule has 0 rings (SSSR count). The van der Waals surface area contributed by atoms with Gasteiger partial charge < -0.3 is 0 Å². The van der Waals surface area contributed by atoms with Crippen LogP contribution in [0.5, 0.6) is 0 Å². The minimum atomic E-state index is -0.146. The van der Waals surface area contributed by atoms with E-state index in [4.69, 9.17) is 19.2 Å². The molecule has 12 heavy (non-hydrogen) atoms. The van der Waals surface area contributed by atoms with Gasteiger partial charge in [0.05, 0.1) is 0 Å². The van der Waals surface area contributed by atoms with E-state index < -0.39 is 0 Å². The predicted molar refractivity (Wildman–Crippen MR) is 33.5 cm³/mol. The van der Waals surface area contributed by atoms with Crippen molar-refractivity contribution in [2.24, 2.45) is 0 Å². The van der Waals surface area contributed by atoms with Crippen molar-refractivity contribution in [2.45, 2.75) is 6.92 Å². The molecule has 0 N–H and O–H groups in total. The normalized spacial score (nSPS) is 3.58. The topological polar surface area (TPSA) is 85.3 Å². The summed E-state index contributed by atoms with van der Waals surface area (Å²) in [5.74, 6) is 0. The second kappa shape index (κ2) is 224. The maximum Gasteiger partial charge on any atom is 0.281 e. The molecule has 66 valence electrons. The van der Waals surface area contributed by atoms with E-state index in [1.54, 1.807) is 0 Å². The first kappa shape index (κ1) is 30.8. The van der Waals surface area contributed by atoms with E-state index in [0.29, 0.717) is 0 Å². The molecule has 0 unspecified atom stereocenters. The summed E-state index contributed by atoms with van der Waals surface area (Å²) in [7, 11) is 0. The van der Waals surface area contributed by atoms with Crippen molar-refractivity contribution in [2.75, 3.05) is 0 Å². The van der Waals surface area contributed by atoms with E-state index in [1.165, 1.54) is 6.92 Å². The Morgan fingerprint density at radius 1 is 0.833 bits per heavy atom. The molecule has 0 atom stereocenters. The van der Waals surface area contributed by atoms with Gasteiger partial charge in [-0.3, -0.25) is 19.2 Å². The third kappa shape index (κ3) is 418. The minimum Gasteiger partial charge on any atom is -0.281 e. The molecule has 0 aromatic carbocycles. The first-order valence-electron chi connectivity index (χ1n) is 1.69.